The van der Waals surface area contributed by atoms with E-state index in [9.17, 15) is 0 Å². The third-order valence-corrected chi connectivity index (χ3v) is 4.13. The van der Waals surface area contributed by atoms with E-state index < -0.39 is 0 Å². The first kappa shape index (κ1) is 22.0. The number of hydrogen-bond donors (Lipinski definition) is 2. The standard InChI is InChI=1S/C18H31N5O.HI/c1-3-24-13-7-4-10-20-18(19-2)22-15-16-8-9-17(21-14-16)23-11-5-6-12-23;/h8-9,14H,3-7,10-13,15H2,1-2H3,(H2,19,20,22);1H. The molecule has 1 aromatic heterocycles. The maximum Gasteiger partial charge on any atom is 0.191 e. The number of ether oxygens (including phenoxy) is 1. The highest BCUT2D eigenvalue weighted by Gasteiger charge is 2.12. The lowest BCUT2D eigenvalue weighted by Gasteiger charge is -2.16. The first-order valence-corrected chi connectivity index (χ1v) is 9.05. The second-order valence-corrected chi connectivity index (χ2v) is 5.98. The molecule has 0 aliphatic carbocycles. The summed E-state index contributed by atoms with van der Waals surface area (Å²) in [6, 6.07) is 4.26. The van der Waals surface area contributed by atoms with Gasteiger partial charge in [0.25, 0.3) is 0 Å². The fraction of sp³-hybridized carbons (Fsp3) is 0.667. The zero-order valence-electron chi connectivity index (χ0n) is 15.5. The first-order chi connectivity index (χ1) is 11.8. The van der Waals surface area contributed by atoms with E-state index in [1.54, 1.807) is 7.05 Å². The number of aliphatic imine (C=N–C) groups is 1. The third-order valence-electron chi connectivity index (χ3n) is 4.13. The molecule has 142 valence electrons. The lowest BCUT2D eigenvalue weighted by molar-refractivity contribution is 0.143. The van der Waals surface area contributed by atoms with Gasteiger partial charge in [0, 0.05) is 52.6 Å². The largest absolute Gasteiger partial charge is 0.382 e. The molecule has 2 rings (SSSR count). The first-order valence-electron chi connectivity index (χ1n) is 9.05. The van der Waals surface area contributed by atoms with Crippen molar-refractivity contribution >= 4 is 35.8 Å². The molecule has 0 spiro atoms. The molecule has 1 aliphatic heterocycles. The molecule has 2 heterocycles. The summed E-state index contributed by atoms with van der Waals surface area (Å²) >= 11 is 0. The molecule has 0 bridgehead atoms. The molecule has 0 atom stereocenters. The fourth-order valence-corrected chi connectivity index (χ4v) is 2.74. The molecule has 0 amide bonds. The van der Waals surface area contributed by atoms with Crippen molar-refractivity contribution in [2.75, 3.05) is 44.8 Å². The summed E-state index contributed by atoms with van der Waals surface area (Å²) in [6.45, 7) is 7.54. The zero-order valence-corrected chi connectivity index (χ0v) is 17.8. The average molecular weight is 461 g/mol. The summed E-state index contributed by atoms with van der Waals surface area (Å²) in [7, 11) is 1.80. The van der Waals surface area contributed by atoms with Crippen LogP contribution in [-0.2, 0) is 11.3 Å². The summed E-state index contributed by atoms with van der Waals surface area (Å²) in [5.74, 6) is 1.92. The Morgan fingerprint density at radius 2 is 2.04 bits per heavy atom. The molecule has 25 heavy (non-hydrogen) atoms. The Labute approximate surface area is 168 Å². The number of pyridine rings is 1. The quantitative estimate of drug-likeness (QED) is 0.256. The summed E-state index contributed by atoms with van der Waals surface area (Å²) in [5, 5.41) is 6.66. The van der Waals surface area contributed by atoms with Gasteiger partial charge in [-0.1, -0.05) is 6.07 Å². The molecule has 0 radical (unpaired) electrons. The Kier molecular flexibility index (Phi) is 11.6. The van der Waals surface area contributed by atoms with Crippen molar-refractivity contribution in [3.05, 3.63) is 23.9 Å². The summed E-state index contributed by atoms with van der Waals surface area (Å²) < 4.78 is 5.33. The topological polar surface area (TPSA) is 61.8 Å². The van der Waals surface area contributed by atoms with E-state index in [0.29, 0.717) is 0 Å². The van der Waals surface area contributed by atoms with E-state index in [0.717, 1.165) is 69.6 Å². The minimum atomic E-state index is 0. The van der Waals surface area contributed by atoms with Crippen LogP contribution in [0.5, 0.6) is 0 Å². The maximum atomic E-state index is 5.33. The van der Waals surface area contributed by atoms with Crippen molar-refractivity contribution in [3.8, 4) is 0 Å². The number of anilines is 1. The maximum absolute atomic E-state index is 5.33. The van der Waals surface area contributed by atoms with Crippen LogP contribution < -0.4 is 15.5 Å². The molecule has 7 heteroatoms. The van der Waals surface area contributed by atoms with Crippen LogP contribution in [0.3, 0.4) is 0 Å². The summed E-state index contributed by atoms with van der Waals surface area (Å²) in [5.41, 5.74) is 1.16. The van der Waals surface area contributed by atoms with E-state index in [4.69, 9.17) is 4.74 Å². The van der Waals surface area contributed by atoms with Gasteiger partial charge in [-0.25, -0.2) is 4.98 Å². The van der Waals surface area contributed by atoms with Crippen molar-refractivity contribution in [3.63, 3.8) is 0 Å². The number of nitrogens with one attached hydrogen (secondary N) is 2. The third kappa shape index (κ3) is 8.22. The Hall–Kier alpha value is -1.09. The van der Waals surface area contributed by atoms with E-state index in [2.05, 4.69) is 37.6 Å². The van der Waals surface area contributed by atoms with Gasteiger partial charge in [0.05, 0.1) is 0 Å². The van der Waals surface area contributed by atoms with Gasteiger partial charge in [0.15, 0.2) is 5.96 Å². The molecule has 1 saturated heterocycles. The van der Waals surface area contributed by atoms with Crippen LogP contribution in [-0.4, -0.2) is 50.8 Å². The normalized spacial score (nSPS) is 14.3. The van der Waals surface area contributed by atoms with Gasteiger partial charge >= 0.3 is 0 Å². The lowest BCUT2D eigenvalue weighted by Crippen LogP contribution is -2.37. The molecule has 0 aromatic carbocycles. The van der Waals surface area contributed by atoms with Crippen molar-refractivity contribution in [2.24, 2.45) is 4.99 Å². The second-order valence-electron chi connectivity index (χ2n) is 5.98. The zero-order chi connectivity index (χ0) is 17.0. The van der Waals surface area contributed by atoms with Crippen LogP contribution in [0.25, 0.3) is 0 Å². The number of halogens is 1. The minimum absolute atomic E-state index is 0. The highest BCUT2D eigenvalue weighted by molar-refractivity contribution is 14.0. The van der Waals surface area contributed by atoms with Crippen molar-refractivity contribution < 1.29 is 4.74 Å². The minimum Gasteiger partial charge on any atom is -0.382 e. The van der Waals surface area contributed by atoms with Crippen LogP contribution in [0, 0.1) is 0 Å². The van der Waals surface area contributed by atoms with Gasteiger partial charge in [0.2, 0.25) is 0 Å². The Balaban J connectivity index is 0.00000312. The van der Waals surface area contributed by atoms with Gasteiger partial charge in [-0.2, -0.15) is 0 Å². The highest BCUT2D eigenvalue weighted by atomic mass is 127. The van der Waals surface area contributed by atoms with Gasteiger partial charge in [-0.05, 0) is 44.2 Å². The van der Waals surface area contributed by atoms with Gasteiger partial charge in [-0.3, -0.25) is 4.99 Å². The van der Waals surface area contributed by atoms with Gasteiger partial charge in [-0.15, -0.1) is 24.0 Å². The second kappa shape index (κ2) is 13.2. The number of guanidine groups is 1. The average Bonchev–Trinajstić information content (AvgIpc) is 3.15. The smallest absolute Gasteiger partial charge is 0.191 e. The SMILES string of the molecule is CCOCCCCNC(=NC)NCc1ccc(N2CCCC2)nc1.I. The van der Waals surface area contributed by atoms with Crippen molar-refractivity contribution in [1.29, 1.82) is 0 Å². The Morgan fingerprint density at radius 3 is 2.68 bits per heavy atom. The number of rotatable bonds is 9. The van der Waals surface area contributed by atoms with Crippen molar-refractivity contribution in [2.45, 2.75) is 39.2 Å². The van der Waals surface area contributed by atoms with Crippen LogP contribution in [0.2, 0.25) is 0 Å². The summed E-state index contributed by atoms with van der Waals surface area (Å²) in [6.07, 6.45) is 6.65. The molecule has 0 saturated carbocycles. The van der Waals surface area contributed by atoms with Crippen LogP contribution in [0.1, 0.15) is 38.2 Å². The molecule has 0 unspecified atom stereocenters. The van der Waals surface area contributed by atoms with Crippen LogP contribution in [0.15, 0.2) is 23.3 Å². The number of aromatic nitrogens is 1. The van der Waals surface area contributed by atoms with Crippen molar-refractivity contribution in [1.82, 2.24) is 15.6 Å². The van der Waals surface area contributed by atoms with E-state index >= 15 is 0 Å². The van der Waals surface area contributed by atoms with E-state index in [-0.39, 0.29) is 24.0 Å². The van der Waals surface area contributed by atoms with E-state index in [1.165, 1.54) is 12.8 Å². The molecule has 1 aromatic rings. The van der Waals surface area contributed by atoms with Gasteiger partial charge < -0.3 is 20.3 Å². The highest BCUT2D eigenvalue weighted by Crippen LogP contribution is 2.17. The van der Waals surface area contributed by atoms with E-state index in [1.807, 2.05) is 13.1 Å². The predicted molar refractivity (Wildman–Crippen MR) is 115 cm³/mol. The van der Waals surface area contributed by atoms with Gasteiger partial charge in [0.1, 0.15) is 5.82 Å². The fourth-order valence-electron chi connectivity index (χ4n) is 2.74. The summed E-state index contributed by atoms with van der Waals surface area (Å²) in [4.78, 5) is 11.2. The lowest BCUT2D eigenvalue weighted by atomic mass is 10.3. The molecule has 1 aliphatic rings. The monoisotopic (exact) mass is 461 g/mol. The number of hydrogen-bond acceptors (Lipinski definition) is 4. The molecular formula is C18H32IN5O. The molecule has 1 fully saturated rings. The molecular weight excluding hydrogens is 429 g/mol. The molecule has 2 N–H and O–H groups in total. The molecule has 6 nitrogen and oxygen atoms in total. The Bertz CT molecular complexity index is 489. The Morgan fingerprint density at radius 1 is 1.24 bits per heavy atom. The van der Waals surface area contributed by atoms with Crippen LogP contribution >= 0.6 is 24.0 Å². The number of unbranched alkanes of at least 4 members (excludes halogenated alkanes) is 1. The van der Waals surface area contributed by atoms with Crippen LogP contribution in [0.4, 0.5) is 5.82 Å². The number of nitrogens with zero attached hydrogens (tertiary/aromatic N) is 3. The predicted octanol–water partition coefficient (Wildman–Crippen LogP) is 2.78.